The lowest BCUT2D eigenvalue weighted by atomic mass is 10.1. The third kappa shape index (κ3) is 2.81. The second-order valence-electron chi connectivity index (χ2n) is 4.93. The van der Waals surface area contributed by atoms with Crippen LogP contribution in [0.25, 0.3) is 0 Å². The number of pyridine rings is 1. The number of aromatic nitrogens is 1. The van der Waals surface area contributed by atoms with Crippen molar-refractivity contribution in [2.24, 2.45) is 0 Å². The number of carboxylic acids is 1. The molecule has 1 aliphatic carbocycles. The summed E-state index contributed by atoms with van der Waals surface area (Å²) in [6.45, 7) is 0. The van der Waals surface area contributed by atoms with Gasteiger partial charge in [-0.2, -0.15) is 0 Å². The SMILES string of the molecule is CN(c1cccnc1C(=O)O)C1CCCCCC1. The fraction of sp³-hybridized carbons (Fsp3) is 0.571. The molecule has 0 atom stereocenters. The molecule has 0 spiro atoms. The molecule has 4 heteroatoms. The summed E-state index contributed by atoms with van der Waals surface area (Å²) < 4.78 is 0. The average molecular weight is 248 g/mol. The van der Waals surface area contributed by atoms with Crippen LogP contribution in [-0.4, -0.2) is 29.1 Å². The second kappa shape index (κ2) is 5.85. The quantitative estimate of drug-likeness (QED) is 0.836. The van der Waals surface area contributed by atoms with E-state index in [0.29, 0.717) is 6.04 Å². The lowest BCUT2D eigenvalue weighted by Crippen LogP contribution is -2.32. The van der Waals surface area contributed by atoms with Crippen molar-refractivity contribution in [3.05, 3.63) is 24.0 Å². The third-order valence-corrected chi connectivity index (χ3v) is 3.74. The summed E-state index contributed by atoms with van der Waals surface area (Å²) in [6.07, 6.45) is 8.88. The standard InChI is InChI=1S/C14H20N2O2/c1-16(11-7-4-2-3-5-8-11)12-9-6-10-15-13(12)14(17)18/h6,9-11H,2-5,7-8H2,1H3,(H,17,18). The van der Waals surface area contributed by atoms with Gasteiger partial charge < -0.3 is 10.0 Å². The normalized spacial score (nSPS) is 17.2. The van der Waals surface area contributed by atoms with E-state index in [9.17, 15) is 9.90 Å². The van der Waals surface area contributed by atoms with Gasteiger partial charge in [-0.05, 0) is 25.0 Å². The molecule has 1 aliphatic rings. The molecule has 4 nitrogen and oxygen atoms in total. The summed E-state index contributed by atoms with van der Waals surface area (Å²) in [5.41, 5.74) is 0.890. The molecule has 1 N–H and O–H groups in total. The molecule has 0 amide bonds. The van der Waals surface area contributed by atoms with E-state index in [0.717, 1.165) is 18.5 Å². The highest BCUT2D eigenvalue weighted by atomic mass is 16.4. The smallest absolute Gasteiger partial charge is 0.356 e. The fourth-order valence-electron chi connectivity index (χ4n) is 2.69. The van der Waals surface area contributed by atoms with E-state index in [2.05, 4.69) is 9.88 Å². The zero-order chi connectivity index (χ0) is 13.0. The van der Waals surface area contributed by atoms with Crippen molar-refractivity contribution in [1.82, 2.24) is 4.98 Å². The Hall–Kier alpha value is -1.58. The predicted octanol–water partition coefficient (Wildman–Crippen LogP) is 2.94. The van der Waals surface area contributed by atoms with Crippen LogP contribution in [-0.2, 0) is 0 Å². The van der Waals surface area contributed by atoms with Crippen molar-refractivity contribution in [2.45, 2.75) is 44.6 Å². The van der Waals surface area contributed by atoms with E-state index < -0.39 is 5.97 Å². The first-order valence-electron chi connectivity index (χ1n) is 6.61. The summed E-state index contributed by atoms with van der Waals surface area (Å²) in [5.74, 6) is -0.953. The maximum atomic E-state index is 11.2. The molecule has 0 saturated heterocycles. The Labute approximate surface area is 108 Å². The second-order valence-corrected chi connectivity index (χ2v) is 4.93. The molecule has 2 rings (SSSR count). The van der Waals surface area contributed by atoms with E-state index in [4.69, 9.17) is 0 Å². The van der Waals surface area contributed by atoms with Crippen LogP contribution in [0.1, 0.15) is 49.0 Å². The number of hydrogen-bond donors (Lipinski definition) is 1. The summed E-state index contributed by atoms with van der Waals surface area (Å²) in [6, 6.07) is 4.09. The number of anilines is 1. The zero-order valence-electron chi connectivity index (χ0n) is 10.8. The maximum Gasteiger partial charge on any atom is 0.356 e. The number of carboxylic acid groups (broad SMARTS) is 1. The Bertz CT molecular complexity index is 412. The number of rotatable bonds is 3. The topological polar surface area (TPSA) is 53.4 Å². The molecule has 1 fully saturated rings. The Morgan fingerprint density at radius 2 is 2.00 bits per heavy atom. The Morgan fingerprint density at radius 3 is 2.61 bits per heavy atom. The van der Waals surface area contributed by atoms with Crippen molar-refractivity contribution in [3.8, 4) is 0 Å². The van der Waals surface area contributed by atoms with E-state index in [1.165, 1.54) is 31.9 Å². The lowest BCUT2D eigenvalue weighted by molar-refractivity contribution is 0.0691. The minimum Gasteiger partial charge on any atom is -0.476 e. The molecule has 0 aromatic carbocycles. The van der Waals surface area contributed by atoms with Crippen LogP contribution in [0.5, 0.6) is 0 Å². The van der Waals surface area contributed by atoms with Gasteiger partial charge in [-0.15, -0.1) is 0 Å². The first kappa shape index (κ1) is 12.9. The van der Waals surface area contributed by atoms with Gasteiger partial charge >= 0.3 is 5.97 Å². The van der Waals surface area contributed by atoms with Crippen LogP contribution in [0.2, 0.25) is 0 Å². The number of aromatic carboxylic acids is 1. The van der Waals surface area contributed by atoms with Gasteiger partial charge in [0.2, 0.25) is 0 Å². The van der Waals surface area contributed by atoms with E-state index in [1.807, 2.05) is 13.1 Å². The molecule has 1 saturated carbocycles. The molecule has 1 aromatic heterocycles. The Kier molecular flexibility index (Phi) is 4.18. The van der Waals surface area contributed by atoms with Gasteiger partial charge in [0, 0.05) is 19.3 Å². The minimum atomic E-state index is -0.953. The molecule has 0 bridgehead atoms. The van der Waals surface area contributed by atoms with Crippen molar-refractivity contribution in [3.63, 3.8) is 0 Å². The summed E-state index contributed by atoms with van der Waals surface area (Å²) in [5, 5.41) is 9.18. The number of nitrogens with zero attached hydrogens (tertiary/aromatic N) is 2. The highest BCUT2D eigenvalue weighted by Crippen LogP contribution is 2.26. The molecule has 0 aliphatic heterocycles. The summed E-state index contributed by atoms with van der Waals surface area (Å²) >= 11 is 0. The van der Waals surface area contributed by atoms with Crippen molar-refractivity contribution in [1.29, 1.82) is 0 Å². The first-order valence-corrected chi connectivity index (χ1v) is 6.61. The van der Waals surface area contributed by atoms with Crippen LogP contribution in [0.4, 0.5) is 5.69 Å². The molecule has 1 aromatic rings. The monoisotopic (exact) mass is 248 g/mol. The summed E-state index contributed by atoms with van der Waals surface area (Å²) in [7, 11) is 1.99. The van der Waals surface area contributed by atoms with E-state index >= 15 is 0 Å². The predicted molar refractivity (Wildman–Crippen MR) is 71.1 cm³/mol. The highest BCUT2D eigenvalue weighted by Gasteiger charge is 2.21. The summed E-state index contributed by atoms with van der Waals surface area (Å²) in [4.78, 5) is 17.3. The Balaban J connectivity index is 2.21. The Morgan fingerprint density at radius 1 is 1.33 bits per heavy atom. The van der Waals surface area contributed by atoms with E-state index in [1.54, 1.807) is 6.07 Å². The largest absolute Gasteiger partial charge is 0.476 e. The lowest BCUT2D eigenvalue weighted by Gasteiger charge is -2.29. The van der Waals surface area contributed by atoms with Crippen LogP contribution < -0.4 is 4.90 Å². The van der Waals surface area contributed by atoms with Gasteiger partial charge in [0.05, 0.1) is 5.69 Å². The van der Waals surface area contributed by atoms with E-state index in [-0.39, 0.29) is 5.69 Å². The molecular weight excluding hydrogens is 228 g/mol. The van der Waals surface area contributed by atoms with Crippen LogP contribution in [0, 0.1) is 0 Å². The molecular formula is C14H20N2O2. The van der Waals surface area contributed by atoms with Crippen LogP contribution in [0.15, 0.2) is 18.3 Å². The van der Waals surface area contributed by atoms with Gasteiger partial charge in [-0.1, -0.05) is 25.7 Å². The molecule has 18 heavy (non-hydrogen) atoms. The third-order valence-electron chi connectivity index (χ3n) is 3.74. The zero-order valence-corrected chi connectivity index (χ0v) is 10.8. The van der Waals surface area contributed by atoms with Crippen molar-refractivity contribution >= 4 is 11.7 Å². The highest BCUT2D eigenvalue weighted by molar-refractivity contribution is 5.92. The van der Waals surface area contributed by atoms with Crippen molar-refractivity contribution in [2.75, 3.05) is 11.9 Å². The number of carbonyl (C=O) groups is 1. The fourth-order valence-corrected chi connectivity index (χ4v) is 2.69. The van der Waals surface area contributed by atoms with Gasteiger partial charge in [0.1, 0.15) is 0 Å². The maximum absolute atomic E-state index is 11.2. The van der Waals surface area contributed by atoms with Crippen LogP contribution >= 0.6 is 0 Å². The van der Waals surface area contributed by atoms with Gasteiger partial charge in [-0.25, -0.2) is 9.78 Å². The van der Waals surface area contributed by atoms with Crippen LogP contribution in [0.3, 0.4) is 0 Å². The van der Waals surface area contributed by atoms with Gasteiger partial charge in [0.25, 0.3) is 0 Å². The number of hydrogen-bond acceptors (Lipinski definition) is 3. The van der Waals surface area contributed by atoms with Crippen molar-refractivity contribution < 1.29 is 9.90 Å². The minimum absolute atomic E-state index is 0.157. The van der Waals surface area contributed by atoms with Gasteiger partial charge in [-0.3, -0.25) is 0 Å². The van der Waals surface area contributed by atoms with Gasteiger partial charge in [0.15, 0.2) is 5.69 Å². The first-order chi connectivity index (χ1) is 8.70. The molecule has 0 unspecified atom stereocenters. The molecule has 0 radical (unpaired) electrons. The average Bonchev–Trinajstić information content (AvgIpc) is 2.66. The molecule has 98 valence electrons. The molecule has 1 heterocycles.